The fraction of sp³-hybridized carbons (Fsp3) is 0.241. The highest BCUT2D eigenvalue weighted by Crippen LogP contribution is 2.56. The second-order valence-electron chi connectivity index (χ2n) is 9.62. The van der Waals surface area contributed by atoms with E-state index in [1.807, 2.05) is 74.5 Å². The van der Waals surface area contributed by atoms with Gasteiger partial charge in [0.1, 0.15) is 29.6 Å². The number of hydrogen-bond donors (Lipinski definition) is 0. The van der Waals surface area contributed by atoms with E-state index in [4.69, 9.17) is 18.9 Å². The van der Waals surface area contributed by atoms with E-state index >= 15 is 0 Å². The van der Waals surface area contributed by atoms with Gasteiger partial charge in [-0.2, -0.15) is 0 Å². The van der Waals surface area contributed by atoms with Gasteiger partial charge in [0.05, 0.1) is 18.0 Å². The first-order chi connectivity index (χ1) is 17.5. The Bertz CT molecular complexity index is 1490. The number of amides is 1. The average molecular weight is 482 g/mol. The summed E-state index contributed by atoms with van der Waals surface area (Å²) in [6.07, 6.45) is 1.70. The fourth-order valence-corrected chi connectivity index (χ4v) is 5.59. The van der Waals surface area contributed by atoms with Crippen LogP contribution in [0.25, 0.3) is 0 Å². The molecule has 0 radical (unpaired) electrons. The van der Waals surface area contributed by atoms with E-state index in [1.54, 1.807) is 11.0 Å². The number of benzene rings is 3. The molecule has 0 bridgehead atoms. The summed E-state index contributed by atoms with van der Waals surface area (Å²) >= 11 is 0. The molecule has 36 heavy (non-hydrogen) atoms. The van der Waals surface area contributed by atoms with Gasteiger partial charge in [0.25, 0.3) is 0 Å². The Morgan fingerprint density at radius 2 is 1.81 bits per heavy atom. The fourth-order valence-electron chi connectivity index (χ4n) is 5.59. The molecule has 7 nitrogen and oxygen atoms in total. The Morgan fingerprint density at radius 1 is 1.03 bits per heavy atom. The minimum atomic E-state index is -1.08. The molecule has 3 atom stereocenters. The lowest BCUT2D eigenvalue weighted by Crippen LogP contribution is -2.56. The molecule has 7 heteroatoms. The SMILES string of the molecule is Cc1ccc2c(c1)Oc1cc(OC/C=C3/CN4C(=O)C(C)C4O3)ccc1C21OC(=O)c2ccccc21. The maximum absolute atomic E-state index is 12.9. The molecule has 3 aromatic rings. The summed E-state index contributed by atoms with van der Waals surface area (Å²) in [6, 6.07) is 19.0. The van der Waals surface area contributed by atoms with Crippen molar-refractivity contribution in [3.63, 3.8) is 0 Å². The van der Waals surface area contributed by atoms with Crippen molar-refractivity contribution < 1.29 is 28.5 Å². The minimum Gasteiger partial charge on any atom is -0.489 e. The zero-order valence-corrected chi connectivity index (χ0v) is 19.8. The smallest absolute Gasteiger partial charge is 0.340 e. The molecule has 0 N–H and O–H groups in total. The van der Waals surface area contributed by atoms with Crippen LogP contribution in [0.15, 0.2) is 72.5 Å². The molecule has 0 saturated carbocycles. The highest BCUT2D eigenvalue weighted by Gasteiger charge is 2.53. The number of rotatable bonds is 3. The highest BCUT2D eigenvalue weighted by molar-refractivity contribution is 5.97. The molecule has 4 aliphatic heterocycles. The van der Waals surface area contributed by atoms with Gasteiger partial charge in [0, 0.05) is 22.8 Å². The van der Waals surface area contributed by atoms with Gasteiger partial charge in [-0.15, -0.1) is 0 Å². The third-order valence-corrected chi connectivity index (χ3v) is 7.41. The molecule has 2 fully saturated rings. The third kappa shape index (κ3) is 2.80. The molecular formula is C29H23NO6. The molecule has 1 spiro atoms. The lowest BCUT2D eigenvalue weighted by atomic mass is 9.77. The van der Waals surface area contributed by atoms with E-state index in [0.717, 1.165) is 28.0 Å². The average Bonchev–Trinajstić information content (AvgIpc) is 3.41. The first kappa shape index (κ1) is 21.1. The summed E-state index contributed by atoms with van der Waals surface area (Å²) in [7, 11) is 0. The van der Waals surface area contributed by atoms with E-state index in [2.05, 4.69) is 0 Å². The number of esters is 1. The summed E-state index contributed by atoms with van der Waals surface area (Å²) in [5.74, 6) is 2.24. The lowest BCUT2D eigenvalue weighted by molar-refractivity contribution is -0.166. The van der Waals surface area contributed by atoms with Crippen LogP contribution in [0.5, 0.6) is 17.2 Å². The monoisotopic (exact) mass is 481 g/mol. The summed E-state index contributed by atoms with van der Waals surface area (Å²) in [4.78, 5) is 26.5. The van der Waals surface area contributed by atoms with Crippen LogP contribution in [0.4, 0.5) is 0 Å². The third-order valence-electron chi connectivity index (χ3n) is 7.41. The van der Waals surface area contributed by atoms with E-state index in [-0.39, 0.29) is 30.6 Å². The Balaban J connectivity index is 1.22. The topological polar surface area (TPSA) is 74.3 Å². The first-order valence-corrected chi connectivity index (χ1v) is 12.0. The number of nitrogens with zero attached hydrogens (tertiary/aromatic N) is 1. The number of ether oxygens (including phenoxy) is 4. The maximum atomic E-state index is 12.9. The second kappa shape index (κ2) is 7.37. The van der Waals surface area contributed by atoms with Crippen molar-refractivity contribution in [1.29, 1.82) is 0 Å². The van der Waals surface area contributed by atoms with E-state index in [9.17, 15) is 9.59 Å². The number of carbonyl (C=O) groups is 2. The minimum absolute atomic E-state index is 0.0942. The van der Waals surface area contributed by atoms with Gasteiger partial charge in [-0.05, 0) is 49.8 Å². The quantitative estimate of drug-likeness (QED) is 0.400. The molecule has 0 aliphatic carbocycles. The first-order valence-electron chi connectivity index (χ1n) is 12.0. The van der Waals surface area contributed by atoms with Crippen molar-refractivity contribution in [3.8, 4) is 17.2 Å². The predicted octanol–water partition coefficient (Wildman–Crippen LogP) is 4.66. The zero-order valence-electron chi connectivity index (χ0n) is 19.8. The van der Waals surface area contributed by atoms with Crippen molar-refractivity contribution in [2.75, 3.05) is 13.2 Å². The maximum Gasteiger partial charge on any atom is 0.340 e. The molecule has 4 aliphatic rings. The molecule has 1 amide bonds. The zero-order chi connectivity index (χ0) is 24.6. The highest BCUT2D eigenvalue weighted by atomic mass is 16.6. The van der Waals surface area contributed by atoms with Crippen LogP contribution < -0.4 is 9.47 Å². The molecule has 7 rings (SSSR count). The van der Waals surface area contributed by atoms with Gasteiger partial charge in [0.2, 0.25) is 5.91 Å². The Labute approximate surface area is 207 Å². The Hall–Kier alpha value is -4.26. The molecule has 0 aromatic heterocycles. The van der Waals surface area contributed by atoms with Gasteiger partial charge in [-0.3, -0.25) is 9.69 Å². The molecule has 180 valence electrons. The van der Waals surface area contributed by atoms with Crippen molar-refractivity contribution in [2.45, 2.75) is 25.7 Å². The van der Waals surface area contributed by atoms with Crippen molar-refractivity contribution in [2.24, 2.45) is 5.92 Å². The number of β-lactam (4-membered cyclic amide) rings is 1. The van der Waals surface area contributed by atoms with Crippen LogP contribution in [-0.4, -0.2) is 36.2 Å². The van der Waals surface area contributed by atoms with Crippen molar-refractivity contribution >= 4 is 11.9 Å². The normalized spacial score (nSPS) is 25.8. The van der Waals surface area contributed by atoms with E-state index in [1.165, 1.54) is 0 Å². The summed E-state index contributed by atoms with van der Waals surface area (Å²) in [6.45, 7) is 4.64. The molecule has 3 aromatic carbocycles. The number of fused-ring (bicyclic) bond motifs is 7. The predicted molar refractivity (Wildman–Crippen MR) is 129 cm³/mol. The number of aryl methyl sites for hydroxylation is 1. The van der Waals surface area contributed by atoms with Gasteiger partial charge < -0.3 is 18.9 Å². The number of carbonyl (C=O) groups excluding carboxylic acids is 2. The summed E-state index contributed by atoms with van der Waals surface area (Å²) in [5.41, 5.74) is 2.85. The Kier molecular flexibility index (Phi) is 4.31. The van der Waals surface area contributed by atoms with Crippen LogP contribution in [-0.2, 0) is 19.9 Å². The van der Waals surface area contributed by atoms with Gasteiger partial charge in [-0.1, -0.05) is 30.3 Å². The van der Waals surface area contributed by atoms with Crippen LogP contribution in [0.2, 0.25) is 0 Å². The van der Waals surface area contributed by atoms with E-state index in [0.29, 0.717) is 29.4 Å². The van der Waals surface area contributed by atoms with Crippen LogP contribution in [0.3, 0.4) is 0 Å². The molecular weight excluding hydrogens is 458 g/mol. The van der Waals surface area contributed by atoms with Crippen LogP contribution >= 0.6 is 0 Å². The van der Waals surface area contributed by atoms with Gasteiger partial charge in [0.15, 0.2) is 11.8 Å². The van der Waals surface area contributed by atoms with Crippen molar-refractivity contribution in [3.05, 3.63) is 100 Å². The number of hydrogen-bond acceptors (Lipinski definition) is 6. The van der Waals surface area contributed by atoms with Crippen LogP contribution in [0.1, 0.15) is 39.5 Å². The van der Waals surface area contributed by atoms with Gasteiger partial charge in [-0.25, -0.2) is 4.79 Å². The van der Waals surface area contributed by atoms with Gasteiger partial charge >= 0.3 is 5.97 Å². The lowest BCUT2D eigenvalue weighted by Gasteiger charge is -2.37. The molecule has 2 saturated heterocycles. The molecule has 3 unspecified atom stereocenters. The van der Waals surface area contributed by atoms with Crippen molar-refractivity contribution in [1.82, 2.24) is 4.90 Å². The Morgan fingerprint density at radius 3 is 2.64 bits per heavy atom. The standard InChI is InChI=1S/C29H23NO6/c1-16-7-9-22-24(13-16)35-25-14-18(33-12-11-19-15-30-26(31)17(2)27(30)34-19)8-10-23(25)29(22)21-6-4-3-5-20(21)28(32)36-29/h3-11,13-14,17,27H,12,15H2,1-2H3/b19-11-. The van der Waals surface area contributed by atoms with Crippen LogP contribution in [0, 0.1) is 12.8 Å². The van der Waals surface area contributed by atoms with E-state index < -0.39 is 5.60 Å². The molecule has 4 heterocycles. The largest absolute Gasteiger partial charge is 0.489 e. The summed E-state index contributed by atoms with van der Waals surface area (Å²) in [5, 5.41) is 0. The second-order valence-corrected chi connectivity index (χ2v) is 9.62. The summed E-state index contributed by atoms with van der Waals surface area (Å²) < 4.78 is 24.3.